The molecule has 2 saturated heterocycles. The van der Waals surface area contributed by atoms with Gasteiger partial charge in [0, 0.05) is 42.9 Å². The number of nitrogens with zero attached hydrogens (tertiary/aromatic N) is 4. The Hall–Kier alpha value is -5.69. The Balaban J connectivity index is 0.790. The molecular formula is C40H41N7O6. The Morgan fingerprint density at radius 3 is 2.42 bits per heavy atom. The molecule has 5 heterocycles. The minimum absolute atomic E-state index is 0.0929. The summed E-state index contributed by atoms with van der Waals surface area (Å²) in [5.74, 6) is -0.385. The molecule has 13 heteroatoms. The Bertz CT molecular complexity index is 2040. The number of imide groups is 2. The third-order valence-corrected chi connectivity index (χ3v) is 10.9. The molecule has 4 aliphatic rings. The quantitative estimate of drug-likeness (QED) is 0.201. The number of anilines is 1. The predicted octanol–water partition coefficient (Wildman–Crippen LogP) is 4.48. The Labute approximate surface area is 306 Å². The zero-order valence-corrected chi connectivity index (χ0v) is 29.3. The van der Waals surface area contributed by atoms with E-state index in [1.807, 2.05) is 48.5 Å². The number of carbonyl (C=O) groups is 5. The molecule has 53 heavy (non-hydrogen) atoms. The number of piperidine rings is 2. The molecule has 2 aromatic carbocycles. The van der Waals surface area contributed by atoms with E-state index in [9.17, 15) is 24.0 Å². The Morgan fingerprint density at radius 1 is 0.849 bits per heavy atom. The van der Waals surface area contributed by atoms with Gasteiger partial charge in [0.25, 0.3) is 11.8 Å². The van der Waals surface area contributed by atoms with Crippen molar-refractivity contribution in [1.82, 2.24) is 30.3 Å². The van der Waals surface area contributed by atoms with Gasteiger partial charge in [0.05, 0.1) is 17.5 Å². The number of hydrogen-bond donors (Lipinski definition) is 3. The monoisotopic (exact) mass is 715 g/mol. The fraction of sp³-hybridized carbons (Fsp3) is 0.375. The molecule has 5 amide bonds. The first-order valence-electron chi connectivity index (χ1n) is 18.4. The number of ether oxygens (including phenoxy) is 1. The summed E-state index contributed by atoms with van der Waals surface area (Å²) in [6.45, 7) is 2.56. The summed E-state index contributed by atoms with van der Waals surface area (Å²) in [7, 11) is 0. The average molecular weight is 716 g/mol. The highest BCUT2D eigenvalue weighted by Crippen LogP contribution is 2.37. The number of rotatable bonds is 10. The first-order valence-corrected chi connectivity index (χ1v) is 18.4. The van der Waals surface area contributed by atoms with E-state index < -0.39 is 29.7 Å². The maximum absolute atomic E-state index is 13.3. The van der Waals surface area contributed by atoms with Crippen molar-refractivity contribution in [3.05, 3.63) is 106 Å². The van der Waals surface area contributed by atoms with Crippen LogP contribution in [0.15, 0.2) is 72.9 Å². The molecule has 0 radical (unpaired) electrons. The van der Waals surface area contributed by atoms with Crippen molar-refractivity contribution >= 4 is 35.4 Å². The number of nitrogens with one attached hydrogen (secondary N) is 3. The molecular weight excluding hydrogens is 674 g/mol. The van der Waals surface area contributed by atoms with Gasteiger partial charge in [-0.3, -0.25) is 44.2 Å². The fourth-order valence-electron chi connectivity index (χ4n) is 8.09. The highest BCUT2D eigenvalue weighted by molar-refractivity contribution is 6.23. The van der Waals surface area contributed by atoms with Crippen molar-refractivity contribution in [2.75, 3.05) is 18.4 Å². The van der Waals surface area contributed by atoms with Gasteiger partial charge in [0.15, 0.2) is 5.82 Å². The molecule has 3 N–H and O–H groups in total. The number of aromatic nitrogens is 3. The largest absolute Gasteiger partial charge is 0.474 e. The summed E-state index contributed by atoms with van der Waals surface area (Å²) in [4.78, 5) is 70.9. The number of aromatic amines is 1. The first kappa shape index (κ1) is 34.4. The highest BCUT2D eigenvalue weighted by Gasteiger charge is 2.45. The van der Waals surface area contributed by atoms with Crippen molar-refractivity contribution in [2.24, 2.45) is 0 Å². The predicted molar refractivity (Wildman–Crippen MR) is 193 cm³/mol. The van der Waals surface area contributed by atoms with Gasteiger partial charge in [-0.2, -0.15) is 5.10 Å². The maximum atomic E-state index is 13.3. The molecule has 13 nitrogen and oxygen atoms in total. The molecule has 272 valence electrons. The molecule has 8 rings (SSSR count). The van der Waals surface area contributed by atoms with Crippen LogP contribution in [-0.4, -0.2) is 79.8 Å². The standard InChI is InChI=1S/C40H41N7O6/c48-35-13-12-33(38(50)43-35)47-39(51)30-11-9-27(21-31(30)40(47)52)26-14-17-46(18-15-26)23-25-6-4-24(5-7-25)19-36(49)42-34-22-32(44-45-34)28-8-10-29(20-28)53-37-3-1-2-16-41-37/h1-7,9,11,16,21-22,26,28-29,33H,8,10,12-15,17-20,23H2,(H,43,48,50)(H2,42,44,45,49)/t28-,29+,33?/m0/s1. The minimum atomic E-state index is -0.968. The number of carbonyl (C=O) groups excluding carboxylic acids is 5. The van der Waals surface area contributed by atoms with E-state index in [1.54, 1.807) is 12.3 Å². The van der Waals surface area contributed by atoms with Crippen LogP contribution in [0.3, 0.4) is 0 Å². The van der Waals surface area contributed by atoms with Gasteiger partial charge in [-0.25, -0.2) is 4.98 Å². The lowest BCUT2D eigenvalue weighted by molar-refractivity contribution is -0.136. The molecule has 3 atom stereocenters. The van der Waals surface area contributed by atoms with Crippen LogP contribution >= 0.6 is 0 Å². The number of benzene rings is 2. The molecule has 1 unspecified atom stereocenters. The topological polar surface area (TPSA) is 167 Å². The zero-order chi connectivity index (χ0) is 36.5. The zero-order valence-electron chi connectivity index (χ0n) is 29.3. The highest BCUT2D eigenvalue weighted by atomic mass is 16.5. The summed E-state index contributed by atoms with van der Waals surface area (Å²) < 4.78 is 6.02. The number of amides is 5. The van der Waals surface area contributed by atoms with Crippen molar-refractivity contribution in [3.63, 3.8) is 0 Å². The number of H-pyrrole nitrogens is 1. The normalized spacial score (nSPS) is 22.2. The van der Waals surface area contributed by atoms with Crippen LogP contribution in [0.4, 0.5) is 5.82 Å². The summed E-state index contributed by atoms with van der Waals surface area (Å²) in [5.41, 5.74) is 4.74. The van der Waals surface area contributed by atoms with Gasteiger partial charge >= 0.3 is 0 Å². The van der Waals surface area contributed by atoms with E-state index in [0.29, 0.717) is 22.8 Å². The van der Waals surface area contributed by atoms with Gasteiger partial charge < -0.3 is 10.1 Å². The average Bonchev–Trinajstić information content (AvgIpc) is 3.88. The van der Waals surface area contributed by atoms with Crippen LogP contribution < -0.4 is 15.4 Å². The second kappa shape index (κ2) is 14.7. The van der Waals surface area contributed by atoms with Crippen LogP contribution in [0.1, 0.15) is 99.9 Å². The molecule has 3 fully saturated rings. The van der Waals surface area contributed by atoms with Crippen LogP contribution in [0, 0.1) is 0 Å². The number of likely N-dealkylation sites (tertiary alicyclic amines) is 1. The molecule has 1 aliphatic carbocycles. The lowest BCUT2D eigenvalue weighted by Gasteiger charge is -2.32. The SMILES string of the molecule is O=C1CCC(N2C(=O)c3ccc(C4CCN(Cc5ccc(CC(=O)Nc6cc([C@H]7CC[C@@H](Oc8ccccn8)C7)[nH]n6)cc5)CC4)cc3C2=O)C(=O)N1. The van der Waals surface area contributed by atoms with Gasteiger partial charge in [0.1, 0.15) is 12.1 Å². The fourth-order valence-corrected chi connectivity index (χ4v) is 8.09. The summed E-state index contributed by atoms with van der Waals surface area (Å²) >= 11 is 0. The first-order chi connectivity index (χ1) is 25.8. The third kappa shape index (κ3) is 7.47. The van der Waals surface area contributed by atoms with Crippen molar-refractivity contribution in [3.8, 4) is 5.88 Å². The Kier molecular flexibility index (Phi) is 9.57. The smallest absolute Gasteiger partial charge is 0.262 e. The lowest BCUT2D eigenvalue weighted by Crippen LogP contribution is -2.54. The minimum Gasteiger partial charge on any atom is -0.474 e. The molecule has 3 aliphatic heterocycles. The van der Waals surface area contributed by atoms with E-state index >= 15 is 0 Å². The van der Waals surface area contributed by atoms with Gasteiger partial charge in [-0.1, -0.05) is 36.4 Å². The van der Waals surface area contributed by atoms with Gasteiger partial charge in [-0.15, -0.1) is 0 Å². The molecule has 2 aromatic heterocycles. The van der Waals surface area contributed by atoms with E-state index in [0.717, 1.165) is 73.5 Å². The van der Waals surface area contributed by atoms with Crippen molar-refractivity contribution in [2.45, 2.75) is 81.9 Å². The number of hydrogen-bond acceptors (Lipinski definition) is 9. The van der Waals surface area contributed by atoms with Crippen LogP contribution in [-0.2, 0) is 27.3 Å². The van der Waals surface area contributed by atoms with Gasteiger partial charge in [0.2, 0.25) is 23.6 Å². The second-order valence-electron chi connectivity index (χ2n) is 14.5. The molecule has 4 aromatic rings. The second-order valence-corrected chi connectivity index (χ2v) is 14.5. The summed E-state index contributed by atoms with van der Waals surface area (Å²) in [6, 6.07) is 20.2. The van der Waals surface area contributed by atoms with Crippen molar-refractivity contribution in [1.29, 1.82) is 0 Å². The molecule has 1 saturated carbocycles. The van der Waals surface area contributed by atoms with Crippen LogP contribution in [0.2, 0.25) is 0 Å². The van der Waals surface area contributed by atoms with E-state index in [4.69, 9.17) is 4.74 Å². The van der Waals surface area contributed by atoms with Gasteiger partial charge in [-0.05, 0) is 92.4 Å². The summed E-state index contributed by atoms with van der Waals surface area (Å²) in [6.07, 6.45) is 6.91. The van der Waals surface area contributed by atoms with Crippen LogP contribution in [0.5, 0.6) is 5.88 Å². The van der Waals surface area contributed by atoms with E-state index in [1.165, 1.54) is 5.56 Å². The summed E-state index contributed by atoms with van der Waals surface area (Å²) in [5, 5.41) is 12.6. The van der Waals surface area contributed by atoms with E-state index in [2.05, 4.69) is 42.8 Å². The van der Waals surface area contributed by atoms with E-state index in [-0.39, 0.29) is 43.1 Å². The third-order valence-electron chi connectivity index (χ3n) is 10.9. The van der Waals surface area contributed by atoms with Crippen molar-refractivity contribution < 1.29 is 28.7 Å². The Morgan fingerprint density at radius 2 is 1.64 bits per heavy atom. The molecule has 0 spiro atoms. The number of pyridine rings is 1. The number of fused-ring (bicyclic) bond motifs is 1. The van der Waals surface area contributed by atoms with Crippen LogP contribution in [0.25, 0.3) is 0 Å². The maximum Gasteiger partial charge on any atom is 0.262 e. The molecule has 0 bridgehead atoms. The lowest BCUT2D eigenvalue weighted by atomic mass is 9.87.